The van der Waals surface area contributed by atoms with E-state index in [1.165, 1.54) is 6.07 Å². The second-order valence-electron chi connectivity index (χ2n) is 7.75. The summed E-state index contributed by atoms with van der Waals surface area (Å²) in [5.74, 6) is -0.0963. The van der Waals surface area contributed by atoms with Crippen molar-refractivity contribution in [2.45, 2.75) is 63.1 Å². The van der Waals surface area contributed by atoms with Gasteiger partial charge in [-0.25, -0.2) is 4.39 Å². The maximum atomic E-state index is 14.2. The summed E-state index contributed by atoms with van der Waals surface area (Å²) in [6.45, 7) is 2.07. The summed E-state index contributed by atoms with van der Waals surface area (Å²) in [6, 6.07) is 5.40. The zero-order valence-corrected chi connectivity index (χ0v) is 14.8. The van der Waals surface area contributed by atoms with Crippen LogP contribution in [0.5, 0.6) is 0 Å². The summed E-state index contributed by atoms with van der Waals surface area (Å²) in [7, 11) is 1.90. The minimum absolute atomic E-state index is 0.131. The highest BCUT2D eigenvalue weighted by Gasteiger charge is 2.54. The van der Waals surface area contributed by atoms with Gasteiger partial charge in [-0.2, -0.15) is 0 Å². The lowest BCUT2D eigenvalue weighted by molar-refractivity contribution is -0.178. The molecule has 0 radical (unpaired) electrons. The quantitative estimate of drug-likeness (QED) is 0.926. The summed E-state index contributed by atoms with van der Waals surface area (Å²) >= 11 is 0. The minimum atomic E-state index is -0.541. The molecule has 5 heteroatoms. The molecule has 2 aromatic rings. The number of aromatic nitrogens is 1. The molecule has 2 aliphatic heterocycles. The fraction of sp³-hybridized carbons (Fsp3) is 0.550. The lowest BCUT2D eigenvalue weighted by Gasteiger charge is -2.58. The van der Waals surface area contributed by atoms with Crippen LogP contribution in [-0.4, -0.2) is 38.2 Å². The summed E-state index contributed by atoms with van der Waals surface area (Å²) in [5.41, 5.74) is 1.20. The van der Waals surface area contributed by atoms with E-state index in [1.807, 2.05) is 28.8 Å². The summed E-state index contributed by atoms with van der Waals surface area (Å²) < 4.78 is 16.1. The van der Waals surface area contributed by atoms with Crippen LogP contribution in [0.3, 0.4) is 0 Å². The number of fused-ring (bicyclic) bond motifs is 3. The van der Waals surface area contributed by atoms with Crippen molar-refractivity contribution in [1.82, 2.24) is 9.47 Å². The molecule has 1 amide bonds. The Morgan fingerprint density at radius 3 is 2.84 bits per heavy atom. The third-order valence-electron chi connectivity index (χ3n) is 6.04. The lowest BCUT2D eigenvalue weighted by Crippen LogP contribution is -2.67. The highest BCUT2D eigenvalue weighted by molar-refractivity contribution is 5.85. The Morgan fingerprint density at radius 2 is 2.12 bits per heavy atom. The molecule has 2 saturated heterocycles. The first-order valence-electron chi connectivity index (χ1n) is 9.18. The Morgan fingerprint density at radius 1 is 1.36 bits per heavy atom. The summed E-state index contributed by atoms with van der Waals surface area (Å²) in [6.07, 6.45) is 5.83. The van der Waals surface area contributed by atoms with Gasteiger partial charge < -0.3 is 14.6 Å². The van der Waals surface area contributed by atoms with E-state index in [9.17, 15) is 14.3 Å². The van der Waals surface area contributed by atoms with Gasteiger partial charge in [-0.1, -0.05) is 13.0 Å². The molecule has 1 saturated carbocycles. The summed E-state index contributed by atoms with van der Waals surface area (Å²) in [5, 5.41) is 10.9. The van der Waals surface area contributed by atoms with Gasteiger partial charge in [-0.15, -0.1) is 0 Å². The number of benzene rings is 1. The van der Waals surface area contributed by atoms with E-state index in [4.69, 9.17) is 0 Å². The smallest absolute Gasteiger partial charge is 0.223 e. The second-order valence-corrected chi connectivity index (χ2v) is 7.75. The maximum Gasteiger partial charge on any atom is 0.223 e. The Bertz CT molecular complexity index is 822. The molecule has 1 aliphatic carbocycles. The number of carbonyl (C=O) groups excluding carboxylic acids is 1. The number of aryl methyl sites for hydroxylation is 2. The SMILES string of the molecule is CCC1CC2(O)CC(C2)N1C(=O)CCc1cn(C)c2cccc(F)c12. The molecule has 1 atom stereocenters. The molecule has 25 heavy (non-hydrogen) atoms. The zero-order chi connectivity index (χ0) is 17.8. The predicted molar refractivity (Wildman–Crippen MR) is 94.7 cm³/mol. The van der Waals surface area contributed by atoms with Crippen LogP contribution < -0.4 is 0 Å². The van der Waals surface area contributed by atoms with Gasteiger partial charge in [0.1, 0.15) is 5.82 Å². The molecular formula is C20H25FN2O2. The molecule has 5 rings (SSSR count). The first-order chi connectivity index (χ1) is 11.9. The molecular weight excluding hydrogens is 319 g/mol. The zero-order valence-electron chi connectivity index (χ0n) is 14.8. The van der Waals surface area contributed by atoms with Crippen molar-refractivity contribution >= 4 is 16.8 Å². The average molecular weight is 344 g/mol. The fourth-order valence-electron chi connectivity index (χ4n) is 4.82. The monoisotopic (exact) mass is 344 g/mol. The fourth-order valence-corrected chi connectivity index (χ4v) is 4.82. The van der Waals surface area contributed by atoms with Crippen LogP contribution in [-0.2, 0) is 18.3 Å². The topological polar surface area (TPSA) is 45.5 Å². The molecule has 4 nitrogen and oxygen atoms in total. The molecule has 1 N–H and O–H groups in total. The van der Waals surface area contributed by atoms with Crippen LogP contribution in [0, 0.1) is 5.82 Å². The van der Waals surface area contributed by atoms with Crippen molar-refractivity contribution in [3.8, 4) is 0 Å². The van der Waals surface area contributed by atoms with Crippen LogP contribution in [0.4, 0.5) is 4.39 Å². The average Bonchev–Trinajstić information content (AvgIpc) is 2.89. The number of halogens is 1. The van der Waals surface area contributed by atoms with Gasteiger partial charge in [-0.05, 0) is 49.8 Å². The Hall–Kier alpha value is -1.88. The van der Waals surface area contributed by atoms with Crippen molar-refractivity contribution in [1.29, 1.82) is 0 Å². The third-order valence-corrected chi connectivity index (χ3v) is 6.04. The molecule has 2 bridgehead atoms. The van der Waals surface area contributed by atoms with Gasteiger partial charge in [0, 0.05) is 37.1 Å². The number of rotatable bonds is 4. The number of nitrogens with zero attached hydrogens (tertiary/aromatic N) is 2. The highest BCUT2D eigenvalue weighted by atomic mass is 19.1. The molecule has 3 heterocycles. The van der Waals surface area contributed by atoms with Crippen LogP contribution in [0.2, 0.25) is 0 Å². The number of carbonyl (C=O) groups is 1. The van der Waals surface area contributed by atoms with E-state index in [0.29, 0.717) is 37.5 Å². The Balaban J connectivity index is 1.51. The molecule has 1 aromatic heterocycles. The van der Waals surface area contributed by atoms with Gasteiger partial charge >= 0.3 is 0 Å². The van der Waals surface area contributed by atoms with Gasteiger partial charge in [0.05, 0.1) is 11.1 Å². The maximum absolute atomic E-state index is 14.2. The predicted octanol–water partition coefficient (Wildman–Crippen LogP) is 3.15. The largest absolute Gasteiger partial charge is 0.390 e. The number of aliphatic hydroxyl groups is 1. The van der Waals surface area contributed by atoms with Gasteiger partial charge in [0.25, 0.3) is 0 Å². The van der Waals surface area contributed by atoms with E-state index >= 15 is 0 Å². The number of amides is 1. The van der Waals surface area contributed by atoms with Crippen molar-refractivity contribution in [3.05, 3.63) is 35.8 Å². The Kier molecular flexibility index (Phi) is 3.87. The molecule has 1 aromatic carbocycles. The highest BCUT2D eigenvalue weighted by Crippen LogP contribution is 2.47. The van der Waals surface area contributed by atoms with Crippen LogP contribution in [0.25, 0.3) is 10.9 Å². The summed E-state index contributed by atoms with van der Waals surface area (Å²) in [4.78, 5) is 14.9. The molecule has 1 unspecified atom stereocenters. The number of hydrogen-bond acceptors (Lipinski definition) is 2. The third kappa shape index (κ3) is 2.65. The number of hydrogen-bond donors (Lipinski definition) is 1. The minimum Gasteiger partial charge on any atom is -0.390 e. The normalized spacial score (nSPS) is 28.2. The molecule has 0 spiro atoms. The van der Waals surface area contributed by atoms with Crippen LogP contribution >= 0.6 is 0 Å². The van der Waals surface area contributed by atoms with Crippen molar-refractivity contribution < 1.29 is 14.3 Å². The first-order valence-corrected chi connectivity index (χ1v) is 9.18. The van der Waals surface area contributed by atoms with Crippen molar-refractivity contribution in [2.75, 3.05) is 0 Å². The molecule has 3 fully saturated rings. The second kappa shape index (κ2) is 5.84. The van der Waals surface area contributed by atoms with E-state index in [1.54, 1.807) is 6.07 Å². The van der Waals surface area contributed by atoms with E-state index in [-0.39, 0.29) is 23.8 Å². The van der Waals surface area contributed by atoms with Crippen LogP contribution in [0.15, 0.2) is 24.4 Å². The Labute approximate surface area is 147 Å². The molecule has 134 valence electrons. The number of piperidine rings is 2. The standard InChI is InChI=1S/C20H25FN2O2/c1-3-14-9-20(25)10-15(11-20)23(14)18(24)8-7-13-12-22(2)17-6-4-5-16(21)19(13)17/h4-6,12,14-15,25H,3,7-11H2,1-2H3. The van der Waals surface area contributed by atoms with E-state index < -0.39 is 5.60 Å². The molecule has 3 aliphatic rings. The van der Waals surface area contributed by atoms with Crippen molar-refractivity contribution in [2.24, 2.45) is 7.05 Å². The van der Waals surface area contributed by atoms with Gasteiger partial charge in [0.2, 0.25) is 5.91 Å². The van der Waals surface area contributed by atoms with Crippen molar-refractivity contribution in [3.63, 3.8) is 0 Å². The first kappa shape index (κ1) is 16.6. The van der Waals surface area contributed by atoms with E-state index in [2.05, 4.69) is 6.92 Å². The van der Waals surface area contributed by atoms with Gasteiger partial charge in [0.15, 0.2) is 0 Å². The van der Waals surface area contributed by atoms with Gasteiger partial charge in [-0.3, -0.25) is 4.79 Å². The van der Waals surface area contributed by atoms with Crippen LogP contribution in [0.1, 0.15) is 44.6 Å². The lowest BCUT2D eigenvalue weighted by atomic mass is 9.66. The van der Waals surface area contributed by atoms with E-state index in [0.717, 1.165) is 17.5 Å².